The van der Waals surface area contributed by atoms with Crippen molar-refractivity contribution < 1.29 is 22.8 Å². The Morgan fingerprint density at radius 2 is 1.76 bits per heavy atom. The lowest BCUT2D eigenvalue weighted by Gasteiger charge is -2.20. The van der Waals surface area contributed by atoms with Gasteiger partial charge in [0.25, 0.3) is 0 Å². The number of carbonyl (C=O) groups is 1. The lowest BCUT2D eigenvalue weighted by Crippen LogP contribution is -2.13. The summed E-state index contributed by atoms with van der Waals surface area (Å²) >= 11 is 0. The van der Waals surface area contributed by atoms with Gasteiger partial charge in [-0.25, -0.2) is 0 Å². The number of ketones is 1. The van der Waals surface area contributed by atoms with E-state index >= 15 is 0 Å². The molecule has 0 atom stereocenters. The van der Waals surface area contributed by atoms with E-state index in [0.29, 0.717) is 24.5 Å². The minimum absolute atomic E-state index is 0.109. The Morgan fingerprint density at radius 1 is 1.24 bits per heavy atom. The van der Waals surface area contributed by atoms with E-state index in [1.807, 2.05) is 20.8 Å². The van der Waals surface area contributed by atoms with Gasteiger partial charge in [-0.2, -0.15) is 0 Å². The van der Waals surface area contributed by atoms with Gasteiger partial charge >= 0.3 is 7.60 Å². The van der Waals surface area contributed by atoms with Gasteiger partial charge in [0.1, 0.15) is 5.76 Å². The average Bonchev–Trinajstić information content (AvgIpc) is 2.72. The highest BCUT2D eigenvalue weighted by atomic mass is 31.2. The van der Waals surface area contributed by atoms with Crippen LogP contribution in [0.1, 0.15) is 63.4 Å². The summed E-state index contributed by atoms with van der Waals surface area (Å²) in [7, 11) is -3.23. The standard InChI is InChI=1S/C15H25O5P/c1-7-18-21(17,19-8-2)10-12-9-13(11(3)16)20-14(12)15(4,5)6/h9H,7-8,10H2,1-6H3. The summed E-state index contributed by atoms with van der Waals surface area (Å²) in [4.78, 5) is 11.5. The zero-order chi connectivity index (χ0) is 16.3. The molecule has 0 saturated carbocycles. The van der Waals surface area contributed by atoms with E-state index < -0.39 is 7.60 Å². The smallest absolute Gasteiger partial charge is 0.335 e. The quantitative estimate of drug-likeness (QED) is 0.545. The molecule has 6 heteroatoms. The second-order valence-electron chi connectivity index (χ2n) is 5.88. The van der Waals surface area contributed by atoms with Crippen LogP contribution in [0.4, 0.5) is 0 Å². The molecule has 1 aromatic rings. The fraction of sp³-hybridized carbons (Fsp3) is 0.667. The van der Waals surface area contributed by atoms with E-state index in [4.69, 9.17) is 13.5 Å². The monoisotopic (exact) mass is 316 g/mol. The normalized spacial score (nSPS) is 12.7. The van der Waals surface area contributed by atoms with Crippen LogP contribution in [0.3, 0.4) is 0 Å². The lowest BCUT2D eigenvalue weighted by atomic mass is 9.91. The maximum Gasteiger partial charge on any atom is 0.335 e. The van der Waals surface area contributed by atoms with Crippen molar-refractivity contribution in [1.82, 2.24) is 0 Å². The van der Waals surface area contributed by atoms with E-state index in [1.54, 1.807) is 19.9 Å². The van der Waals surface area contributed by atoms with Gasteiger partial charge < -0.3 is 13.5 Å². The molecule has 5 nitrogen and oxygen atoms in total. The van der Waals surface area contributed by atoms with E-state index in [9.17, 15) is 9.36 Å². The van der Waals surface area contributed by atoms with Crippen molar-refractivity contribution in [2.24, 2.45) is 0 Å². The van der Waals surface area contributed by atoms with Crippen LogP contribution in [0, 0.1) is 0 Å². The molecule has 0 aliphatic rings. The maximum absolute atomic E-state index is 12.7. The number of hydrogen-bond acceptors (Lipinski definition) is 5. The zero-order valence-corrected chi connectivity index (χ0v) is 14.6. The Hall–Kier alpha value is -0.900. The summed E-state index contributed by atoms with van der Waals surface area (Å²) in [5.74, 6) is 0.760. The molecule has 0 radical (unpaired) electrons. The molecule has 0 saturated heterocycles. The minimum Gasteiger partial charge on any atom is -0.457 e. The molecule has 0 aromatic carbocycles. The first-order chi connectivity index (χ1) is 9.63. The van der Waals surface area contributed by atoms with Crippen LogP contribution in [0.5, 0.6) is 0 Å². The van der Waals surface area contributed by atoms with Crippen molar-refractivity contribution in [2.75, 3.05) is 13.2 Å². The molecule has 0 unspecified atom stereocenters. The molecule has 1 heterocycles. The number of carbonyl (C=O) groups excluding carboxylic acids is 1. The predicted octanol–water partition coefficient (Wildman–Crippen LogP) is 4.55. The van der Waals surface area contributed by atoms with Crippen LogP contribution >= 0.6 is 7.60 Å². The molecule has 0 N–H and O–H groups in total. The minimum atomic E-state index is -3.23. The second-order valence-corrected chi connectivity index (χ2v) is 7.93. The molecule has 1 aromatic heterocycles. The third-order valence-electron chi connectivity index (χ3n) is 2.85. The molecular weight excluding hydrogens is 291 g/mol. The molecule has 0 fully saturated rings. The summed E-state index contributed by atoms with van der Waals surface area (Å²) in [5.41, 5.74) is 0.407. The SMILES string of the molecule is CCOP(=O)(Cc1cc(C(C)=O)oc1C(C)(C)C)OCC. The molecule has 0 spiro atoms. The number of Topliss-reactive ketones (excluding diaryl/α,β-unsaturated/α-hetero) is 1. The van der Waals surface area contributed by atoms with Crippen molar-refractivity contribution in [2.45, 2.75) is 53.1 Å². The van der Waals surface area contributed by atoms with Crippen LogP contribution in [0.25, 0.3) is 0 Å². The van der Waals surface area contributed by atoms with Gasteiger partial charge in [-0.1, -0.05) is 20.8 Å². The van der Waals surface area contributed by atoms with E-state index in [-0.39, 0.29) is 23.1 Å². The van der Waals surface area contributed by atoms with Crippen molar-refractivity contribution in [3.63, 3.8) is 0 Å². The van der Waals surface area contributed by atoms with Crippen molar-refractivity contribution in [1.29, 1.82) is 0 Å². The highest BCUT2D eigenvalue weighted by Gasteiger charge is 2.31. The first-order valence-electron chi connectivity index (χ1n) is 7.15. The van der Waals surface area contributed by atoms with E-state index in [2.05, 4.69) is 0 Å². The molecular formula is C15H25O5P. The number of rotatable bonds is 7. The molecule has 21 heavy (non-hydrogen) atoms. The van der Waals surface area contributed by atoms with Gasteiger partial charge in [0.2, 0.25) is 0 Å². The number of hydrogen-bond donors (Lipinski definition) is 0. The van der Waals surface area contributed by atoms with Crippen molar-refractivity contribution in [3.8, 4) is 0 Å². The van der Waals surface area contributed by atoms with Crippen LogP contribution in [0.2, 0.25) is 0 Å². The summed E-state index contributed by atoms with van der Waals surface area (Å²) < 4.78 is 29.0. The second kappa shape index (κ2) is 6.91. The topological polar surface area (TPSA) is 65.7 Å². The van der Waals surface area contributed by atoms with E-state index in [1.165, 1.54) is 6.92 Å². The van der Waals surface area contributed by atoms with Gasteiger partial charge in [0.05, 0.1) is 19.4 Å². The number of furan rings is 1. The van der Waals surface area contributed by atoms with Gasteiger partial charge in [0, 0.05) is 17.9 Å². The molecule has 1 rings (SSSR count). The summed E-state index contributed by atoms with van der Waals surface area (Å²) in [6, 6.07) is 1.65. The van der Waals surface area contributed by atoms with Crippen molar-refractivity contribution >= 4 is 13.4 Å². The first kappa shape index (κ1) is 18.1. The van der Waals surface area contributed by atoms with Crippen LogP contribution in [-0.2, 0) is 25.2 Å². The van der Waals surface area contributed by atoms with Gasteiger partial charge in [-0.15, -0.1) is 0 Å². The summed E-state index contributed by atoms with van der Waals surface area (Å²) in [6.45, 7) is 11.5. The van der Waals surface area contributed by atoms with E-state index in [0.717, 1.165) is 0 Å². The fourth-order valence-corrected chi connectivity index (χ4v) is 3.78. The Balaban J connectivity index is 3.22. The molecule has 0 bridgehead atoms. The van der Waals surface area contributed by atoms with Crippen LogP contribution in [-0.4, -0.2) is 19.0 Å². The lowest BCUT2D eigenvalue weighted by molar-refractivity contribution is 0.0984. The van der Waals surface area contributed by atoms with Crippen LogP contribution in [0.15, 0.2) is 10.5 Å². The maximum atomic E-state index is 12.7. The Bertz CT molecular complexity index is 529. The Kier molecular flexibility index (Phi) is 5.97. The van der Waals surface area contributed by atoms with Crippen LogP contribution < -0.4 is 0 Å². The molecule has 0 amide bonds. The molecule has 0 aliphatic heterocycles. The molecule has 0 aliphatic carbocycles. The Morgan fingerprint density at radius 3 is 2.14 bits per heavy atom. The zero-order valence-electron chi connectivity index (χ0n) is 13.7. The third kappa shape index (κ3) is 4.80. The average molecular weight is 316 g/mol. The van der Waals surface area contributed by atoms with Gasteiger partial charge in [-0.3, -0.25) is 9.36 Å². The largest absolute Gasteiger partial charge is 0.457 e. The van der Waals surface area contributed by atoms with Gasteiger partial charge in [0.15, 0.2) is 11.5 Å². The summed E-state index contributed by atoms with van der Waals surface area (Å²) in [5, 5.41) is 0. The predicted molar refractivity (Wildman–Crippen MR) is 82.0 cm³/mol. The molecule has 120 valence electrons. The summed E-state index contributed by atoms with van der Waals surface area (Å²) in [6.07, 6.45) is 0.109. The fourth-order valence-electron chi connectivity index (χ4n) is 2.09. The Labute approximate surface area is 126 Å². The first-order valence-corrected chi connectivity index (χ1v) is 8.88. The highest BCUT2D eigenvalue weighted by molar-refractivity contribution is 7.53. The van der Waals surface area contributed by atoms with Crippen molar-refractivity contribution in [3.05, 3.63) is 23.2 Å². The third-order valence-corrected chi connectivity index (χ3v) is 4.88. The highest BCUT2D eigenvalue weighted by Crippen LogP contribution is 2.52. The van der Waals surface area contributed by atoms with Gasteiger partial charge in [-0.05, 0) is 19.9 Å².